The zero-order chi connectivity index (χ0) is 26.5. The molecule has 0 fully saturated rings. The van der Waals surface area contributed by atoms with Gasteiger partial charge in [-0.25, -0.2) is 4.79 Å². The van der Waals surface area contributed by atoms with Gasteiger partial charge in [0.2, 0.25) is 11.8 Å². The zero-order valence-electron chi connectivity index (χ0n) is 21.4. The second-order valence-corrected chi connectivity index (χ2v) is 9.82. The van der Waals surface area contributed by atoms with Crippen molar-refractivity contribution >= 4 is 40.9 Å². The maximum atomic E-state index is 13.3. The maximum Gasteiger partial charge on any atom is 0.338 e. The van der Waals surface area contributed by atoms with Gasteiger partial charge in [-0.15, -0.1) is 11.8 Å². The van der Waals surface area contributed by atoms with Crippen molar-refractivity contribution in [3.05, 3.63) is 90.0 Å². The van der Waals surface area contributed by atoms with Crippen molar-refractivity contribution < 1.29 is 19.1 Å². The van der Waals surface area contributed by atoms with Gasteiger partial charge in [0.1, 0.15) is 5.25 Å². The quantitative estimate of drug-likeness (QED) is 0.141. The van der Waals surface area contributed by atoms with E-state index in [4.69, 9.17) is 4.74 Å². The molecule has 7 heteroatoms. The molecule has 0 saturated carbocycles. The minimum atomic E-state index is -0.495. The number of unbranched alkanes of at least 4 members (excludes halogenated alkanes) is 2. The van der Waals surface area contributed by atoms with Crippen LogP contribution < -0.4 is 10.6 Å². The molecule has 0 saturated heterocycles. The predicted molar refractivity (Wildman–Crippen MR) is 150 cm³/mol. The second kappa shape index (κ2) is 14.9. The van der Waals surface area contributed by atoms with Crippen LogP contribution in [0.3, 0.4) is 0 Å². The van der Waals surface area contributed by atoms with Gasteiger partial charge in [0.15, 0.2) is 0 Å². The van der Waals surface area contributed by atoms with E-state index in [1.54, 1.807) is 24.3 Å². The van der Waals surface area contributed by atoms with Crippen LogP contribution in [0.4, 0.5) is 11.4 Å². The molecule has 37 heavy (non-hydrogen) atoms. The summed E-state index contributed by atoms with van der Waals surface area (Å²) in [7, 11) is 0. The fourth-order valence-electron chi connectivity index (χ4n) is 3.50. The molecule has 0 aliphatic heterocycles. The lowest BCUT2D eigenvalue weighted by Crippen LogP contribution is -2.19. The summed E-state index contributed by atoms with van der Waals surface area (Å²) < 4.78 is 5.25. The van der Waals surface area contributed by atoms with Crippen LogP contribution in [-0.4, -0.2) is 24.4 Å². The number of carbonyl (C=O) groups excluding carboxylic acids is 3. The van der Waals surface area contributed by atoms with E-state index in [2.05, 4.69) is 17.6 Å². The van der Waals surface area contributed by atoms with Gasteiger partial charge in [-0.05, 0) is 66.9 Å². The first-order chi connectivity index (χ1) is 18.0. The van der Waals surface area contributed by atoms with Crippen molar-refractivity contribution in [1.29, 1.82) is 0 Å². The van der Waals surface area contributed by atoms with Crippen molar-refractivity contribution in [3.63, 3.8) is 0 Å². The summed E-state index contributed by atoms with van der Waals surface area (Å²) in [6.07, 6.45) is 4.12. The number of rotatable bonds is 13. The molecule has 0 radical (unpaired) electrons. The summed E-state index contributed by atoms with van der Waals surface area (Å²) in [6, 6.07) is 23.8. The van der Waals surface area contributed by atoms with Crippen molar-refractivity contribution in [1.82, 2.24) is 0 Å². The van der Waals surface area contributed by atoms with Crippen LogP contribution in [0.1, 0.15) is 67.1 Å². The highest BCUT2D eigenvalue weighted by Crippen LogP contribution is 2.36. The third-order valence-corrected chi connectivity index (χ3v) is 6.88. The fourth-order valence-corrected chi connectivity index (χ4v) is 4.53. The third kappa shape index (κ3) is 9.10. The Morgan fingerprint density at radius 1 is 0.784 bits per heavy atom. The average molecular weight is 519 g/mol. The largest absolute Gasteiger partial charge is 0.462 e. The lowest BCUT2D eigenvalue weighted by Gasteiger charge is -2.17. The molecule has 2 amide bonds. The van der Waals surface area contributed by atoms with Crippen molar-refractivity contribution in [3.8, 4) is 0 Å². The molecule has 3 aromatic rings. The minimum Gasteiger partial charge on any atom is -0.462 e. The normalized spacial score (nSPS) is 11.4. The molecule has 1 unspecified atom stereocenters. The summed E-state index contributed by atoms with van der Waals surface area (Å²) >= 11 is 1.43. The van der Waals surface area contributed by atoms with Gasteiger partial charge >= 0.3 is 5.97 Å². The number of anilines is 2. The molecule has 3 rings (SSSR count). The van der Waals surface area contributed by atoms with Crippen LogP contribution in [0, 0.1) is 0 Å². The number of benzene rings is 3. The molecule has 0 bridgehead atoms. The van der Waals surface area contributed by atoms with Crippen LogP contribution in [0.25, 0.3) is 0 Å². The summed E-state index contributed by atoms with van der Waals surface area (Å²) in [6.45, 7) is 4.49. The fraction of sp³-hybridized carbons (Fsp3) is 0.300. The van der Waals surface area contributed by atoms with Gasteiger partial charge in [0, 0.05) is 22.7 Å². The van der Waals surface area contributed by atoms with E-state index in [0.717, 1.165) is 41.8 Å². The Hall–Kier alpha value is -3.58. The molecule has 0 heterocycles. The van der Waals surface area contributed by atoms with Gasteiger partial charge in [0.25, 0.3) is 0 Å². The van der Waals surface area contributed by atoms with Crippen LogP contribution >= 0.6 is 11.8 Å². The molecule has 0 spiro atoms. The highest BCUT2D eigenvalue weighted by molar-refractivity contribution is 8.00. The number of nitrogens with one attached hydrogen (secondary N) is 2. The van der Waals surface area contributed by atoms with Crippen molar-refractivity contribution in [2.75, 3.05) is 17.2 Å². The van der Waals surface area contributed by atoms with E-state index in [0.29, 0.717) is 24.3 Å². The summed E-state index contributed by atoms with van der Waals surface area (Å²) in [4.78, 5) is 38.4. The summed E-state index contributed by atoms with van der Waals surface area (Å²) in [5.41, 5.74) is 2.66. The Kier molecular flexibility index (Phi) is 11.2. The molecule has 6 nitrogen and oxygen atoms in total. The van der Waals surface area contributed by atoms with Crippen molar-refractivity contribution in [2.45, 2.75) is 56.1 Å². The highest BCUT2D eigenvalue weighted by Gasteiger charge is 2.22. The molecular formula is C30H34N2O4S. The summed E-state index contributed by atoms with van der Waals surface area (Å²) in [5.74, 6) is -0.538. The number of esters is 1. The third-order valence-electron chi connectivity index (χ3n) is 5.61. The minimum absolute atomic E-state index is 0.00373. The van der Waals surface area contributed by atoms with Crippen LogP contribution in [0.5, 0.6) is 0 Å². The molecule has 194 valence electrons. The van der Waals surface area contributed by atoms with E-state index in [1.165, 1.54) is 11.8 Å². The average Bonchev–Trinajstić information content (AvgIpc) is 2.92. The van der Waals surface area contributed by atoms with E-state index < -0.39 is 5.25 Å². The molecular weight excluding hydrogens is 484 g/mol. The molecule has 0 aliphatic rings. The van der Waals surface area contributed by atoms with Gasteiger partial charge in [-0.3, -0.25) is 9.59 Å². The highest BCUT2D eigenvalue weighted by atomic mass is 32.2. The standard InChI is InChI=1S/C30H34N2O4S/c1-3-5-12-27(33)31-24-17-19-26(20-18-24)37-28(22-10-8-7-9-11-22)29(34)32-25-15-13-23(14-16-25)30(35)36-21-6-4-2/h7-11,13-20,28H,3-6,12,21H2,1-2H3,(H,31,33)(H,32,34). The van der Waals surface area contributed by atoms with Crippen LogP contribution in [0.15, 0.2) is 83.8 Å². The Morgan fingerprint density at radius 2 is 1.41 bits per heavy atom. The number of thioether (sulfide) groups is 1. The van der Waals surface area contributed by atoms with Gasteiger partial charge in [0.05, 0.1) is 12.2 Å². The lowest BCUT2D eigenvalue weighted by atomic mass is 10.1. The summed E-state index contributed by atoms with van der Waals surface area (Å²) in [5, 5.41) is 5.38. The molecule has 3 aromatic carbocycles. The van der Waals surface area contributed by atoms with E-state index in [1.807, 2.05) is 61.5 Å². The topological polar surface area (TPSA) is 84.5 Å². The Balaban J connectivity index is 1.67. The smallest absolute Gasteiger partial charge is 0.338 e. The Morgan fingerprint density at radius 3 is 2.05 bits per heavy atom. The zero-order valence-corrected chi connectivity index (χ0v) is 22.2. The van der Waals surface area contributed by atoms with Gasteiger partial charge < -0.3 is 15.4 Å². The molecule has 0 aliphatic carbocycles. The second-order valence-electron chi connectivity index (χ2n) is 8.64. The maximum absolute atomic E-state index is 13.3. The first kappa shape index (κ1) is 28.0. The number of amides is 2. The van der Waals surface area contributed by atoms with Crippen molar-refractivity contribution in [2.24, 2.45) is 0 Å². The predicted octanol–water partition coefficient (Wildman–Crippen LogP) is 7.24. The van der Waals surface area contributed by atoms with Crippen LogP contribution in [-0.2, 0) is 14.3 Å². The molecule has 1 atom stereocenters. The Bertz CT molecular complexity index is 1150. The van der Waals surface area contributed by atoms with Gasteiger partial charge in [-0.1, -0.05) is 57.0 Å². The first-order valence-corrected chi connectivity index (χ1v) is 13.6. The number of ether oxygens (including phenoxy) is 1. The number of hydrogen-bond acceptors (Lipinski definition) is 5. The molecule has 0 aromatic heterocycles. The van der Waals surface area contributed by atoms with E-state index >= 15 is 0 Å². The first-order valence-electron chi connectivity index (χ1n) is 12.7. The van der Waals surface area contributed by atoms with Crippen LogP contribution in [0.2, 0.25) is 0 Å². The number of carbonyl (C=O) groups is 3. The van der Waals surface area contributed by atoms with Gasteiger partial charge in [-0.2, -0.15) is 0 Å². The van der Waals surface area contributed by atoms with E-state index in [9.17, 15) is 14.4 Å². The monoisotopic (exact) mass is 518 g/mol. The van der Waals surface area contributed by atoms with E-state index in [-0.39, 0.29) is 17.8 Å². The SMILES string of the molecule is CCCCOC(=O)c1ccc(NC(=O)C(Sc2ccc(NC(=O)CCCC)cc2)c2ccccc2)cc1. The number of hydrogen-bond donors (Lipinski definition) is 2. The molecule has 2 N–H and O–H groups in total. The Labute approximate surface area is 223 Å². The lowest BCUT2D eigenvalue weighted by molar-refractivity contribution is -0.116.